The molecule has 5 nitrogen and oxygen atoms in total. The maximum absolute atomic E-state index is 4.68. The van der Waals surface area contributed by atoms with E-state index in [1.807, 2.05) is 7.05 Å². The molecule has 0 aliphatic rings. The van der Waals surface area contributed by atoms with E-state index < -0.39 is 0 Å². The van der Waals surface area contributed by atoms with E-state index >= 15 is 0 Å². The zero-order valence-corrected chi connectivity index (χ0v) is 17.4. The molecule has 3 N–H and O–H groups in total. The zero-order chi connectivity index (χ0) is 19.2. The largest absolute Gasteiger partial charge is 0.361 e. The number of aryl methyl sites for hydroxylation is 1. The van der Waals surface area contributed by atoms with Crippen LogP contribution in [0.5, 0.6) is 0 Å². The first-order valence-corrected chi connectivity index (χ1v) is 10.4. The average molecular weight is 384 g/mol. The highest BCUT2D eigenvalue weighted by molar-refractivity contribution is 7.09. The van der Waals surface area contributed by atoms with Gasteiger partial charge in [-0.2, -0.15) is 0 Å². The van der Waals surface area contributed by atoms with E-state index in [9.17, 15) is 0 Å². The van der Waals surface area contributed by atoms with Gasteiger partial charge in [0.05, 0.1) is 10.7 Å². The first-order chi connectivity index (χ1) is 13.1. The topological polar surface area (TPSA) is 65.1 Å². The van der Waals surface area contributed by atoms with Crippen molar-refractivity contribution in [3.8, 4) is 0 Å². The number of aromatic nitrogens is 2. The van der Waals surface area contributed by atoms with Crippen LogP contribution in [0, 0.1) is 6.92 Å². The van der Waals surface area contributed by atoms with Gasteiger partial charge in [0.2, 0.25) is 0 Å². The number of fused-ring (bicyclic) bond motifs is 1. The number of thiazole rings is 1. The zero-order valence-electron chi connectivity index (χ0n) is 16.6. The van der Waals surface area contributed by atoms with Crippen LogP contribution >= 0.6 is 11.3 Å². The standard InChI is InChI=1S/C21H29N5S/c1-14(2)20-26-17(13-27-20)8-10-24-21(22-4)23-9-7-16-12-25-19-11-15(3)5-6-18(16)19/h5-6,11-14,25H,7-10H2,1-4H3,(H2,22,23,24). The van der Waals surface area contributed by atoms with Crippen LogP contribution in [-0.2, 0) is 12.8 Å². The van der Waals surface area contributed by atoms with Crippen LogP contribution in [0.3, 0.4) is 0 Å². The van der Waals surface area contributed by atoms with Gasteiger partial charge < -0.3 is 15.6 Å². The summed E-state index contributed by atoms with van der Waals surface area (Å²) in [5.41, 5.74) is 4.97. The summed E-state index contributed by atoms with van der Waals surface area (Å²) < 4.78 is 0. The number of aliphatic imine (C=N–C) groups is 1. The van der Waals surface area contributed by atoms with E-state index in [2.05, 4.69) is 76.1 Å². The van der Waals surface area contributed by atoms with Crippen LogP contribution in [0.25, 0.3) is 10.9 Å². The van der Waals surface area contributed by atoms with Gasteiger partial charge >= 0.3 is 0 Å². The Morgan fingerprint density at radius 1 is 1.22 bits per heavy atom. The van der Waals surface area contributed by atoms with Crippen molar-refractivity contribution in [1.82, 2.24) is 20.6 Å². The Bertz CT molecular complexity index is 906. The van der Waals surface area contributed by atoms with Gasteiger partial charge in [0.25, 0.3) is 0 Å². The van der Waals surface area contributed by atoms with Gasteiger partial charge in [-0.3, -0.25) is 4.99 Å². The SMILES string of the molecule is CN=C(NCCc1csc(C(C)C)n1)NCCc1c[nH]c2cc(C)ccc12. The molecule has 144 valence electrons. The Balaban J connectivity index is 1.44. The van der Waals surface area contributed by atoms with Gasteiger partial charge in [-0.05, 0) is 30.5 Å². The third kappa shape index (κ3) is 5.10. The number of guanidine groups is 1. The molecular formula is C21H29N5S. The van der Waals surface area contributed by atoms with E-state index in [-0.39, 0.29) is 0 Å². The minimum atomic E-state index is 0.500. The van der Waals surface area contributed by atoms with Gasteiger partial charge in [-0.25, -0.2) is 4.98 Å². The van der Waals surface area contributed by atoms with Crippen molar-refractivity contribution in [2.24, 2.45) is 4.99 Å². The van der Waals surface area contributed by atoms with Crippen LogP contribution in [0.15, 0.2) is 34.8 Å². The quantitative estimate of drug-likeness (QED) is 0.427. The molecule has 3 aromatic rings. The lowest BCUT2D eigenvalue weighted by Gasteiger charge is -2.11. The van der Waals surface area contributed by atoms with Gasteiger partial charge in [0.15, 0.2) is 5.96 Å². The van der Waals surface area contributed by atoms with Crippen LogP contribution in [0.4, 0.5) is 0 Å². The van der Waals surface area contributed by atoms with Gasteiger partial charge in [-0.15, -0.1) is 11.3 Å². The maximum Gasteiger partial charge on any atom is 0.190 e. The lowest BCUT2D eigenvalue weighted by atomic mass is 10.1. The number of H-pyrrole nitrogens is 1. The Kier molecular flexibility index (Phi) is 6.50. The highest BCUT2D eigenvalue weighted by Crippen LogP contribution is 2.20. The van der Waals surface area contributed by atoms with Gasteiger partial charge in [-0.1, -0.05) is 26.0 Å². The summed E-state index contributed by atoms with van der Waals surface area (Å²) in [6, 6.07) is 6.55. The van der Waals surface area contributed by atoms with E-state index in [1.54, 1.807) is 11.3 Å². The molecular weight excluding hydrogens is 354 g/mol. The van der Waals surface area contributed by atoms with Crippen molar-refractivity contribution in [3.05, 3.63) is 51.6 Å². The van der Waals surface area contributed by atoms with E-state index in [4.69, 9.17) is 0 Å². The highest BCUT2D eigenvalue weighted by atomic mass is 32.1. The first kappa shape index (κ1) is 19.4. The van der Waals surface area contributed by atoms with Crippen molar-refractivity contribution < 1.29 is 0 Å². The minimum Gasteiger partial charge on any atom is -0.361 e. The molecule has 2 aromatic heterocycles. The summed E-state index contributed by atoms with van der Waals surface area (Å²) in [7, 11) is 1.81. The second kappa shape index (κ2) is 9.04. The molecule has 0 saturated carbocycles. The number of rotatable bonds is 7. The normalized spacial score (nSPS) is 12.1. The van der Waals surface area contributed by atoms with Crippen LogP contribution in [-0.4, -0.2) is 36.1 Å². The van der Waals surface area contributed by atoms with Crippen molar-refractivity contribution >= 4 is 28.2 Å². The van der Waals surface area contributed by atoms with E-state index in [0.29, 0.717) is 5.92 Å². The maximum atomic E-state index is 4.68. The molecule has 27 heavy (non-hydrogen) atoms. The predicted octanol–water partition coefficient (Wildman–Crippen LogP) is 4.01. The van der Waals surface area contributed by atoms with Crippen LogP contribution in [0.2, 0.25) is 0 Å². The number of benzene rings is 1. The minimum absolute atomic E-state index is 0.500. The fraction of sp³-hybridized carbons (Fsp3) is 0.429. The molecule has 0 amide bonds. The molecule has 0 aliphatic carbocycles. The molecule has 0 saturated heterocycles. The number of nitrogens with one attached hydrogen (secondary N) is 3. The Labute approximate surface area is 165 Å². The van der Waals surface area contributed by atoms with Crippen molar-refractivity contribution in [1.29, 1.82) is 0 Å². The fourth-order valence-electron chi connectivity index (χ4n) is 3.05. The Morgan fingerprint density at radius 2 is 2.00 bits per heavy atom. The number of aromatic amines is 1. The van der Waals surface area contributed by atoms with Gasteiger partial charge in [0.1, 0.15) is 0 Å². The average Bonchev–Trinajstić information content (AvgIpc) is 3.27. The monoisotopic (exact) mass is 383 g/mol. The second-order valence-electron chi connectivity index (χ2n) is 7.12. The third-order valence-electron chi connectivity index (χ3n) is 4.57. The lowest BCUT2D eigenvalue weighted by Crippen LogP contribution is -2.39. The van der Waals surface area contributed by atoms with Crippen LogP contribution in [0.1, 0.15) is 41.6 Å². The number of nitrogens with zero attached hydrogens (tertiary/aromatic N) is 2. The van der Waals surface area contributed by atoms with Crippen molar-refractivity contribution in [2.75, 3.05) is 20.1 Å². The van der Waals surface area contributed by atoms with Crippen molar-refractivity contribution in [2.45, 2.75) is 39.5 Å². The Morgan fingerprint density at radius 3 is 2.70 bits per heavy atom. The third-order valence-corrected chi connectivity index (χ3v) is 5.76. The molecule has 0 aliphatic heterocycles. The summed E-state index contributed by atoms with van der Waals surface area (Å²) in [5, 5.41) is 11.4. The smallest absolute Gasteiger partial charge is 0.190 e. The summed E-state index contributed by atoms with van der Waals surface area (Å²) in [6.07, 6.45) is 3.97. The molecule has 0 fully saturated rings. The highest BCUT2D eigenvalue weighted by Gasteiger charge is 2.07. The summed E-state index contributed by atoms with van der Waals surface area (Å²) in [4.78, 5) is 12.4. The molecule has 0 unspecified atom stereocenters. The molecule has 6 heteroatoms. The first-order valence-electron chi connectivity index (χ1n) is 9.52. The number of hydrogen-bond donors (Lipinski definition) is 3. The second-order valence-corrected chi connectivity index (χ2v) is 8.01. The predicted molar refractivity (Wildman–Crippen MR) is 116 cm³/mol. The Hall–Kier alpha value is -2.34. The number of hydrogen-bond acceptors (Lipinski definition) is 3. The molecule has 0 radical (unpaired) electrons. The van der Waals surface area contributed by atoms with Crippen LogP contribution < -0.4 is 10.6 Å². The summed E-state index contributed by atoms with van der Waals surface area (Å²) in [5.74, 6) is 1.34. The molecule has 0 atom stereocenters. The summed E-state index contributed by atoms with van der Waals surface area (Å²) >= 11 is 1.75. The molecule has 1 aromatic carbocycles. The molecule has 2 heterocycles. The van der Waals surface area contributed by atoms with Gasteiger partial charge in [0, 0.05) is 55.0 Å². The van der Waals surface area contributed by atoms with E-state index in [0.717, 1.165) is 37.6 Å². The summed E-state index contributed by atoms with van der Waals surface area (Å²) in [6.45, 7) is 8.15. The molecule has 3 rings (SSSR count). The van der Waals surface area contributed by atoms with E-state index in [1.165, 1.54) is 27.0 Å². The van der Waals surface area contributed by atoms with Crippen molar-refractivity contribution in [3.63, 3.8) is 0 Å². The fourth-order valence-corrected chi connectivity index (χ4v) is 3.92. The molecule has 0 spiro atoms. The molecule has 0 bridgehead atoms. The lowest BCUT2D eigenvalue weighted by molar-refractivity contribution is 0.772.